The van der Waals surface area contributed by atoms with E-state index in [0.29, 0.717) is 11.3 Å². The Bertz CT molecular complexity index is 1410. The van der Waals surface area contributed by atoms with Crippen LogP contribution >= 0.6 is 23.2 Å². The Morgan fingerprint density at radius 1 is 1.05 bits per heavy atom. The van der Waals surface area contributed by atoms with Gasteiger partial charge in [0.1, 0.15) is 5.15 Å². The Hall–Kier alpha value is -2.64. The number of carbonyl (C=O) groups is 1. The van der Waals surface area contributed by atoms with Crippen molar-refractivity contribution in [1.82, 2.24) is 9.88 Å². The number of aryl methyl sites for hydroxylation is 1. The van der Waals surface area contributed by atoms with E-state index in [1.165, 1.54) is 22.3 Å². The first-order valence-corrected chi connectivity index (χ1v) is 14.7. The third-order valence-corrected chi connectivity index (χ3v) is 9.19. The largest absolute Gasteiger partial charge is 0.481 e. The average Bonchev–Trinajstić information content (AvgIpc) is 2.91. The first-order valence-electron chi connectivity index (χ1n) is 13.9. The molecule has 0 amide bonds. The number of hydrogen-bond acceptors (Lipinski definition) is 5. The molecule has 0 aliphatic carbocycles. The molecule has 0 saturated carbocycles. The van der Waals surface area contributed by atoms with Crippen molar-refractivity contribution in [2.24, 2.45) is 5.41 Å². The van der Waals surface area contributed by atoms with Crippen LogP contribution in [0.3, 0.4) is 0 Å². The fourth-order valence-electron chi connectivity index (χ4n) is 6.03. The van der Waals surface area contributed by atoms with E-state index in [1.54, 1.807) is 0 Å². The molecule has 0 bridgehead atoms. The molecule has 1 fully saturated rings. The van der Waals surface area contributed by atoms with Gasteiger partial charge in [-0.25, -0.2) is 4.98 Å². The molecule has 0 radical (unpaired) electrons. The van der Waals surface area contributed by atoms with Crippen molar-refractivity contribution in [3.05, 3.63) is 80.1 Å². The molecule has 212 valence electrons. The molecule has 3 aromatic rings. The molecule has 5 rings (SSSR count). The number of fused-ring (bicyclic) bond motifs is 1. The van der Waals surface area contributed by atoms with Gasteiger partial charge in [-0.1, -0.05) is 67.4 Å². The van der Waals surface area contributed by atoms with Crippen molar-refractivity contribution >= 4 is 34.9 Å². The number of halogens is 2. The molecule has 2 aromatic carbocycles. The third-order valence-electron chi connectivity index (χ3n) is 8.53. The van der Waals surface area contributed by atoms with Gasteiger partial charge in [-0.05, 0) is 65.5 Å². The topological polar surface area (TPSA) is 76.9 Å². The number of carboxylic acid groups (broad SMARTS) is 1. The van der Waals surface area contributed by atoms with Gasteiger partial charge in [0, 0.05) is 48.9 Å². The second kappa shape index (κ2) is 11.7. The maximum atomic E-state index is 11.9. The van der Waals surface area contributed by atoms with Crippen LogP contribution in [0.5, 0.6) is 0 Å². The summed E-state index contributed by atoms with van der Waals surface area (Å²) in [5, 5.41) is 21.1. The highest BCUT2D eigenvalue weighted by molar-refractivity contribution is 6.31. The summed E-state index contributed by atoms with van der Waals surface area (Å²) >= 11 is 13.1. The first-order chi connectivity index (χ1) is 19.1. The lowest BCUT2D eigenvalue weighted by molar-refractivity contribution is -0.136. The molecular formula is C32H37Cl2N3O3. The van der Waals surface area contributed by atoms with Crippen LogP contribution in [0, 0.1) is 12.3 Å². The van der Waals surface area contributed by atoms with Gasteiger partial charge in [0.05, 0.1) is 24.4 Å². The van der Waals surface area contributed by atoms with Crippen molar-refractivity contribution < 1.29 is 15.0 Å². The number of rotatable bonds is 7. The molecule has 2 aliphatic rings. The number of benzene rings is 2. The van der Waals surface area contributed by atoms with E-state index in [9.17, 15) is 15.0 Å². The molecule has 2 aliphatic heterocycles. The van der Waals surface area contributed by atoms with Crippen LogP contribution in [0.4, 0.5) is 5.69 Å². The predicted molar refractivity (Wildman–Crippen MR) is 161 cm³/mol. The van der Waals surface area contributed by atoms with Crippen molar-refractivity contribution in [2.45, 2.75) is 66.2 Å². The molecule has 6 nitrogen and oxygen atoms in total. The van der Waals surface area contributed by atoms with Crippen molar-refractivity contribution in [2.75, 3.05) is 24.5 Å². The quantitative estimate of drug-likeness (QED) is 0.303. The number of hydrogen-bond donors (Lipinski definition) is 2. The summed E-state index contributed by atoms with van der Waals surface area (Å²) in [5.41, 5.74) is 8.64. The lowest BCUT2D eigenvalue weighted by atomic mass is 9.82. The Balaban J connectivity index is 1.53. The van der Waals surface area contributed by atoms with Gasteiger partial charge in [-0.2, -0.15) is 0 Å². The smallest absolute Gasteiger partial charge is 0.308 e. The van der Waals surface area contributed by atoms with Crippen LogP contribution < -0.4 is 4.90 Å². The summed E-state index contributed by atoms with van der Waals surface area (Å²) in [6, 6.07) is 12.5. The second-order valence-electron chi connectivity index (χ2n) is 11.9. The number of aliphatic hydroxyl groups excluding tert-OH is 1. The third kappa shape index (κ3) is 6.01. The number of nitrogens with zero attached hydrogens (tertiary/aromatic N) is 3. The molecule has 2 N–H and O–H groups in total. The van der Waals surface area contributed by atoms with Crippen LogP contribution in [0.2, 0.25) is 10.2 Å². The number of anilines is 1. The van der Waals surface area contributed by atoms with Gasteiger partial charge < -0.3 is 15.1 Å². The highest BCUT2D eigenvalue weighted by Crippen LogP contribution is 2.43. The summed E-state index contributed by atoms with van der Waals surface area (Å²) in [6.45, 7) is 10.5. The number of piperidine rings is 1. The van der Waals surface area contributed by atoms with E-state index >= 15 is 0 Å². The van der Waals surface area contributed by atoms with Gasteiger partial charge >= 0.3 is 5.97 Å². The Morgan fingerprint density at radius 3 is 2.48 bits per heavy atom. The molecule has 0 atom stereocenters. The van der Waals surface area contributed by atoms with Crippen LogP contribution in [0.1, 0.15) is 60.2 Å². The first kappa shape index (κ1) is 28.9. The highest BCUT2D eigenvalue weighted by atomic mass is 35.5. The number of pyridine rings is 1. The summed E-state index contributed by atoms with van der Waals surface area (Å²) in [4.78, 5) is 21.1. The average molecular weight is 583 g/mol. The summed E-state index contributed by atoms with van der Waals surface area (Å²) in [7, 11) is 0. The fraction of sp³-hybridized carbons (Fsp3) is 0.438. The summed E-state index contributed by atoms with van der Waals surface area (Å²) in [5.74, 6) is -0.954. The van der Waals surface area contributed by atoms with Crippen LogP contribution in [-0.4, -0.2) is 45.7 Å². The maximum absolute atomic E-state index is 11.9. The monoisotopic (exact) mass is 581 g/mol. The number of aliphatic carboxylic acids is 1. The van der Waals surface area contributed by atoms with E-state index in [2.05, 4.69) is 59.8 Å². The second-order valence-corrected chi connectivity index (χ2v) is 12.7. The zero-order chi connectivity index (χ0) is 28.6. The number of aliphatic hydroxyl groups is 1. The molecule has 40 heavy (non-hydrogen) atoms. The molecule has 3 heterocycles. The van der Waals surface area contributed by atoms with Crippen LogP contribution in [0.15, 0.2) is 36.4 Å². The maximum Gasteiger partial charge on any atom is 0.308 e. The molecular weight excluding hydrogens is 545 g/mol. The highest BCUT2D eigenvalue weighted by Gasteiger charge is 2.31. The van der Waals surface area contributed by atoms with E-state index in [0.717, 1.165) is 73.8 Å². The molecule has 1 aromatic heterocycles. The molecule has 0 unspecified atom stereocenters. The van der Waals surface area contributed by atoms with Gasteiger partial charge in [-0.15, -0.1) is 0 Å². The zero-order valence-corrected chi connectivity index (χ0v) is 24.9. The van der Waals surface area contributed by atoms with Crippen molar-refractivity contribution in [3.8, 4) is 11.1 Å². The number of carboxylic acids is 1. The normalized spacial score (nSPS) is 17.1. The zero-order valence-electron chi connectivity index (χ0n) is 23.4. The molecule has 1 saturated heterocycles. The number of aromatic nitrogens is 1. The van der Waals surface area contributed by atoms with E-state index in [4.69, 9.17) is 23.2 Å². The minimum absolute atomic E-state index is 0.151. The standard InChI is InChI=1S/C32H37Cl2N3O3/c1-20-5-4-6-26(33)25(20)18-36-12-9-21-15-22(7-8-23(21)17-36)29-27(19-38)35-31(34)24(16-28(39)40)30(29)37-13-10-32(2,3)11-14-37/h4-8,15,38H,9-14,16-19H2,1-3H3,(H,39,40). The van der Waals surface area contributed by atoms with E-state index in [-0.39, 0.29) is 23.6 Å². The van der Waals surface area contributed by atoms with Gasteiger partial charge in [-0.3, -0.25) is 9.69 Å². The Kier molecular flexibility index (Phi) is 8.44. The van der Waals surface area contributed by atoms with Crippen LogP contribution in [-0.2, 0) is 37.3 Å². The minimum Gasteiger partial charge on any atom is -0.481 e. The fourth-order valence-corrected chi connectivity index (χ4v) is 6.57. The summed E-state index contributed by atoms with van der Waals surface area (Å²) < 4.78 is 0. The lowest BCUT2D eigenvalue weighted by Crippen LogP contribution is -2.38. The molecule has 0 spiro atoms. The van der Waals surface area contributed by atoms with Gasteiger partial charge in [0.15, 0.2) is 0 Å². The van der Waals surface area contributed by atoms with Gasteiger partial charge in [0.2, 0.25) is 0 Å². The van der Waals surface area contributed by atoms with Crippen molar-refractivity contribution in [3.63, 3.8) is 0 Å². The van der Waals surface area contributed by atoms with Crippen molar-refractivity contribution in [1.29, 1.82) is 0 Å². The van der Waals surface area contributed by atoms with Gasteiger partial charge in [0.25, 0.3) is 0 Å². The SMILES string of the molecule is Cc1cccc(Cl)c1CN1CCc2cc(-c3c(CO)nc(Cl)c(CC(=O)O)c3N3CCC(C)(C)CC3)ccc2C1. The Labute approximate surface area is 246 Å². The Morgan fingerprint density at radius 2 is 1.80 bits per heavy atom. The lowest BCUT2D eigenvalue weighted by Gasteiger charge is -2.40. The predicted octanol–water partition coefficient (Wildman–Crippen LogP) is 6.67. The van der Waals surface area contributed by atoms with E-state index in [1.807, 2.05) is 12.1 Å². The molecule has 8 heteroatoms. The summed E-state index contributed by atoms with van der Waals surface area (Å²) in [6.07, 6.45) is 2.63. The van der Waals surface area contributed by atoms with E-state index < -0.39 is 5.97 Å². The minimum atomic E-state index is -0.954. The van der Waals surface area contributed by atoms with Crippen LogP contribution in [0.25, 0.3) is 11.1 Å².